The summed E-state index contributed by atoms with van der Waals surface area (Å²) in [6, 6.07) is 4.25. The zero-order chi connectivity index (χ0) is 10.0. The van der Waals surface area contributed by atoms with Gasteiger partial charge in [-0.25, -0.2) is 0 Å². The van der Waals surface area contributed by atoms with Gasteiger partial charge in [0.2, 0.25) is 0 Å². The zero-order valence-corrected chi connectivity index (χ0v) is 8.89. The number of aliphatic hydroxyl groups is 1. The van der Waals surface area contributed by atoms with Crippen LogP contribution in [0, 0.1) is 13.8 Å². The molecule has 0 spiro atoms. The lowest BCUT2D eigenvalue weighted by atomic mass is 9.92. The minimum atomic E-state index is 0.151. The molecule has 13 heavy (non-hydrogen) atoms. The van der Waals surface area contributed by atoms with Crippen molar-refractivity contribution < 1.29 is 5.11 Å². The van der Waals surface area contributed by atoms with Gasteiger partial charge in [0.15, 0.2) is 0 Å². The summed E-state index contributed by atoms with van der Waals surface area (Å²) in [5, 5.41) is 9.21. The quantitative estimate of drug-likeness (QED) is 0.738. The summed E-state index contributed by atoms with van der Waals surface area (Å²) >= 11 is 0. The van der Waals surface area contributed by atoms with Crippen molar-refractivity contribution in [2.45, 2.75) is 40.2 Å². The van der Waals surface area contributed by atoms with Gasteiger partial charge >= 0.3 is 0 Å². The van der Waals surface area contributed by atoms with Crippen LogP contribution in [0.4, 0.5) is 0 Å². The zero-order valence-electron chi connectivity index (χ0n) is 8.89. The second-order valence-corrected chi connectivity index (χ2v) is 3.89. The number of rotatable bonds is 2. The Balaban J connectivity index is 3.27. The molecule has 72 valence electrons. The fraction of sp³-hybridized carbons (Fsp3) is 0.500. The van der Waals surface area contributed by atoms with Gasteiger partial charge in [0, 0.05) is 0 Å². The van der Waals surface area contributed by atoms with Crippen molar-refractivity contribution in [2.75, 3.05) is 0 Å². The molecule has 0 radical (unpaired) electrons. The van der Waals surface area contributed by atoms with Crippen molar-refractivity contribution in [1.29, 1.82) is 0 Å². The molecule has 0 aliphatic carbocycles. The van der Waals surface area contributed by atoms with E-state index < -0.39 is 0 Å². The van der Waals surface area contributed by atoms with Crippen LogP contribution in [0.5, 0.6) is 0 Å². The molecule has 0 bridgehead atoms. The van der Waals surface area contributed by atoms with Crippen LogP contribution in [0.25, 0.3) is 0 Å². The summed E-state index contributed by atoms with van der Waals surface area (Å²) < 4.78 is 0. The second-order valence-electron chi connectivity index (χ2n) is 3.89. The maximum atomic E-state index is 9.21. The van der Waals surface area contributed by atoms with E-state index in [0.717, 1.165) is 5.56 Å². The van der Waals surface area contributed by atoms with E-state index in [0.29, 0.717) is 5.92 Å². The molecule has 0 heterocycles. The third kappa shape index (κ3) is 1.92. The van der Waals surface area contributed by atoms with Crippen LogP contribution in [0.1, 0.15) is 42.0 Å². The largest absolute Gasteiger partial charge is 0.392 e. The van der Waals surface area contributed by atoms with Crippen molar-refractivity contribution in [3.8, 4) is 0 Å². The van der Waals surface area contributed by atoms with Gasteiger partial charge in [-0.2, -0.15) is 0 Å². The predicted molar refractivity (Wildman–Crippen MR) is 55.9 cm³/mol. The smallest absolute Gasteiger partial charge is 0.0687 e. The molecule has 0 aliphatic rings. The first kappa shape index (κ1) is 10.3. The van der Waals surface area contributed by atoms with Crippen LogP contribution in [-0.2, 0) is 6.61 Å². The van der Waals surface area contributed by atoms with Crippen LogP contribution in [0.15, 0.2) is 12.1 Å². The topological polar surface area (TPSA) is 20.2 Å². The summed E-state index contributed by atoms with van der Waals surface area (Å²) in [5.74, 6) is 0.533. The van der Waals surface area contributed by atoms with Gasteiger partial charge in [-0.15, -0.1) is 0 Å². The van der Waals surface area contributed by atoms with E-state index in [1.165, 1.54) is 16.7 Å². The van der Waals surface area contributed by atoms with Crippen molar-refractivity contribution in [3.05, 3.63) is 34.4 Å². The Kier molecular flexibility index (Phi) is 3.10. The lowest BCUT2D eigenvalue weighted by Gasteiger charge is -2.14. The molecule has 0 unspecified atom stereocenters. The highest BCUT2D eigenvalue weighted by Crippen LogP contribution is 2.24. The van der Waals surface area contributed by atoms with Crippen LogP contribution in [0.3, 0.4) is 0 Å². The minimum Gasteiger partial charge on any atom is -0.392 e. The number of hydrogen-bond donors (Lipinski definition) is 1. The summed E-state index contributed by atoms with van der Waals surface area (Å²) in [7, 11) is 0. The fourth-order valence-electron chi connectivity index (χ4n) is 1.78. The first-order valence-corrected chi connectivity index (χ1v) is 4.77. The Morgan fingerprint density at radius 1 is 1.23 bits per heavy atom. The van der Waals surface area contributed by atoms with Gasteiger partial charge in [0.25, 0.3) is 0 Å². The molecule has 1 nitrogen and oxygen atoms in total. The molecule has 0 fully saturated rings. The van der Waals surface area contributed by atoms with E-state index in [1.807, 2.05) is 6.92 Å². The van der Waals surface area contributed by atoms with E-state index in [-0.39, 0.29) is 6.61 Å². The highest BCUT2D eigenvalue weighted by molar-refractivity contribution is 5.40. The van der Waals surface area contributed by atoms with Crippen LogP contribution in [-0.4, -0.2) is 5.11 Å². The molecular formula is C12H18O. The maximum absolute atomic E-state index is 9.21. The van der Waals surface area contributed by atoms with Crippen molar-refractivity contribution >= 4 is 0 Å². The van der Waals surface area contributed by atoms with Gasteiger partial charge in [-0.3, -0.25) is 0 Å². The first-order valence-electron chi connectivity index (χ1n) is 4.77. The molecule has 0 amide bonds. The predicted octanol–water partition coefficient (Wildman–Crippen LogP) is 2.92. The Bertz CT molecular complexity index is 300. The summed E-state index contributed by atoms with van der Waals surface area (Å²) in [4.78, 5) is 0. The highest BCUT2D eigenvalue weighted by atomic mass is 16.3. The Morgan fingerprint density at radius 2 is 1.85 bits per heavy atom. The number of aliphatic hydroxyl groups excluding tert-OH is 1. The maximum Gasteiger partial charge on any atom is 0.0687 e. The standard InChI is InChI=1S/C12H18O/c1-8(2)11-6-5-9(3)12(7-13)10(11)4/h5-6,8,13H,7H2,1-4H3. The van der Waals surface area contributed by atoms with E-state index in [9.17, 15) is 5.11 Å². The SMILES string of the molecule is Cc1ccc(C(C)C)c(C)c1CO. The van der Waals surface area contributed by atoms with Gasteiger partial charge < -0.3 is 5.11 Å². The minimum absolute atomic E-state index is 0.151. The molecule has 0 aromatic heterocycles. The molecule has 0 atom stereocenters. The third-order valence-corrected chi connectivity index (χ3v) is 2.65. The average molecular weight is 178 g/mol. The monoisotopic (exact) mass is 178 g/mol. The molecule has 1 heteroatoms. The van der Waals surface area contributed by atoms with E-state index in [4.69, 9.17) is 0 Å². The fourth-order valence-corrected chi connectivity index (χ4v) is 1.78. The summed E-state index contributed by atoms with van der Waals surface area (Å²) in [5.41, 5.74) is 4.86. The molecule has 1 aromatic carbocycles. The first-order chi connectivity index (χ1) is 6.07. The molecule has 0 saturated carbocycles. The summed E-state index contributed by atoms with van der Waals surface area (Å²) in [6.07, 6.45) is 0. The lowest BCUT2D eigenvalue weighted by Crippen LogP contribution is -1.99. The molecule has 1 N–H and O–H groups in total. The van der Waals surface area contributed by atoms with E-state index in [1.54, 1.807) is 0 Å². The lowest BCUT2D eigenvalue weighted by molar-refractivity contribution is 0.280. The van der Waals surface area contributed by atoms with E-state index in [2.05, 4.69) is 32.9 Å². The third-order valence-electron chi connectivity index (χ3n) is 2.65. The number of benzene rings is 1. The normalized spacial score (nSPS) is 10.9. The average Bonchev–Trinajstić information content (AvgIpc) is 2.04. The Morgan fingerprint density at radius 3 is 2.31 bits per heavy atom. The van der Waals surface area contributed by atoms with Crippen molar-refractivity contribution in [2.24, 2.45) is 0 Å². The number of aryl methyl sites for hydroxylation is 1. The van der Waals surface area contributed by atoms with Crippen molar-refractivity contribution in [1.82, 2.24) is 0 Å². The summed E-state index contributed by atoms with van der Waals surface area (Å²) in [6.45, 7) is 8.65. The molecule has 0 saturated heterocycles. The van der Waals surface area contributed by atoms with Gasteiger partial charge in [-0.1, -0.05) is 26.0 Å². The second kappa shape index (κ2) is 3.93. The highest BCUT2D eigenvalue weighted by Gasteiger charge is 2.08. The van der Waals surface area contributed by atoms with Crippen LogP contribution < -0.4 is 0 Å². The molecular weight excluding hydrogens is 160 g/mol. The Hall–Kier alpha value is -0.820. The van der Waals surface area contributed by atoms with Gasteiger partial charge in [0.1, 0.15) is 0 Å². The van der Waals surface area contributed by atoms with Gasteiger partial charge in [-0.05, 0) is 42.0 Å². The van der Waals surface area contributed by atoms with Crippen LogP contribution >= 0.6 is 0 Å². The molecule has 1 rings (SSSR count). The van der Waals surface area contributed by atoms with Gasteiger partial charge in [0.05, 0.1) is 6.61 Å². The van der Waals surface area contributed by atoms with Crippen molar-refractivity contribution in [3.63, 3.8) is 0 Å². The molecule has 1 aromatic rings. The Labute approximate surface area is 80.4 Å². The number of hydrogen-bond acceptors (Lipinski definition) is 1. The molecule has 0 aliphatic heterocycles. The van der Waals surface area contributed by atoms with Crippen LogP contribution in [0.2, 0.25) is 0 Å². The van der Waals surface area contributed by atoms with E-state index >= 15 is 0 Å².